The Morgan fingerprint density at radius 2 is 2.43 bits per heavy atom. The molecule has 0 aromatic carbocycles. The maximum atomic E-state index is 10.7. The molecule has 0 saturated carbocycles. The van der Waals surface area contributed by atoms with E-state index in [2.05, 4.69) is 19.1 Å². The summed E-state index contributed by atoms with van der Waals surface area (Å²) >= 11 is -1.43. The van der Waals surface area contributed by atoms with Crippen LogP contribution in [0.5, 0.6) is 0 Å². The summed E-state index contributed by atoms with van der Waals surface area (Å²) < 4.78 is 18.1. The molecule has 1 aliphatic heterocycles. The van der Waals surface area contributed by atoms with E-state index in [-0.39, 0.29) is 0 Å². The molecule has 1 atom stereocenters. The highest BCUT2D eigenvalue weighted by Gasteiger charge is 2.05. The van der Waals surface area contributed by atoms with Crippen LogP contribution in [-0.2, 0) is 17.7 Å². The van der Waals surface area contributed by atoms with Gasteiger partial charge in [-0.1, -0.05) is 6.07 Å². The second-order valence-electron chi connectivity index (χ2n) is 2.66. The van der Waals surface area contributed by atoms with E-state index in [4.69, 9.17) is 0 Å². The van der Waals surface area contributed by atoms with Gasteiger partial charge in [-0.15, -0.1) is 4.40 Å². The number of aromatic nitrogens is 1. The third-order valence-electron chi connectivity index (χ3n) is 1.64. The molecule has 0 fully saturated rings. The molecular formula is C8H8N4OS. The molecule has 1 unspecified atom stereocenters. The van der Waals surface area contributed by atoms with Gasteiger partial charge in [0, 0.05) is 18.9 Å². The average molecular weight is 208 g/mol. The zero-order chi connectivity index (χ0) is 9.80. The Morgan fingerprint density at radius 3 is 3.07 bits per heavy atom. The van der Waals surface area contributed by atoms with Crippen molar-refractivity contribution in [1.82, 2.24) is 10.3 Å². The zero-order valence-corrected chi connectivity index (χ0v) is 8.07. The Bertz CT molecular complexity index is 401. The van der Waals surface area contributed by atoms with E-state index in [9.17, 15) is 4.21 Å². The maximum Gasteiger partial charge on any atom is 0.267 e. The van der Waals surface area contributed by atoms with Gasteiger partial charge in [0.25, 0.3) is 11.2 Å². The van der Waals surface area contributed by atoms with Crippen molar-refractivity contribution in [3.05, 3.63) is 30.1 Å². The molecule has 2 rings (SSSR count). The molecule has 14 heavy (non-hydrogen) atoms. The fraction of sp³-hybridized carbons (Fsp3) is 0.125. The lowest BCUT2D eigenvalue weighted by molar-refractivity contribution is 0.686. The predicted octanol–water partition coefficient (Wildman–Crippen LogP) is 0.233. The van der Waals surface area contributed by atoms with E-state index in [1.54, 1.807) is 12.4 Å². The molecule has 1 aromatic rings. The Balaban J connectivity index is 1.93. The summed E-state index contributed by atoms with van der Waals surface area (Å²) in [5, 5.41) is 3.00. The predicted molar refractivity (Wildman–Crippen MR) is 55.1 cm³/mol. The molecule has 1 aliphatic rings. The first-order chi connectivity index (χ1) is 6.84. The van der Waals surface area contributed by atoms with Crippen LogP contribution in [0.4, 0.5) is 0 Å². The van der Waals surface area contributed by atoms with Crippen LogP contribution >= 0.6 is 0 Å². The zero-order valence-electron chi connectivity index (χ0n) is 7.25. The fourth-order valence-corrected chi connectivity index (χ4v) is 1.52. The normalized spacial score (nSPS) is 19.4. The quantitative estimate of drug-likeness (QED) is 0.756. The van der Waals surface area contributed by atoms with Crippen LogP contribution in [0.25, 0.3) is 0 Å². The van der Waals surface area contributed by atoms with Gasteiger partial charge in [-0.05, 0) is 11.6 Å². The summed E-state index contributed by atoms with van der Waals surface area (Å²) in [6.45, 7) is 0.607. The lowest BCUT2D eigenvalue weighted by atomic mass is 10.3. The fourth-order valence-electron chi connectivity index (χ4n) is 1.000. The van der Waals surface area contributed by atoms with Crippen LogP contribution in [0.15, 0.2) is 33.3 Å². The molecule has 5 nitrogen and oxygen atoms in total. The molecule has 1 N–H and O–H groups in total. The third kappa shape index (κ3) is 2.23. The van der Waals surface area contributed by atoms with Crippen LogP contribution < -0.4 is 5.32 Å². The maximum absolute atomic E-state index is 10.7. The summed E-state index contributed by atoms with van der Waals surface area (Å²) in [6, 6.07) is 3.81. The lowest BCUT2D eigenvalue weighted by Gasteiger charge is -2.01. The van der Waals surface area contributed by atoms with Crippen LogP contribution in [0.3, 0.4) is 0 Å². The molecule has 2 heterocycles. The van der Waals surface area contributed by atoms with Crippen LogP contribution in [0.2, 0.25) is 0 Å². The Labute approximate surface area is 83.7 Å². The molecule has 72 valence electrons. The molecule has 0 bridgehead atoms. The minimum absolute atomic E-state index is 0.548. The van der Waals surface area contributed by atoms with Crippen molar-refractivity contribution in [1.29, 1.82) is 0 Å². The second kappa shape index (κ2) is 4.10. The smallest absolute Gasteiger partial charge is 0.267 e. The molecule has 1 aromatic heterocycles. The molecule has 0 saturated heterocycles. The molecule has 6 heteroatoms. The van der Waals surface area contributed by atoms with Crippen molar-refractivity contribution in [2.75, 3.05) is 0 Å². The summed E-state index contributed by atoms with van der Waals surface area (Å²) in [4.78, 5) is 3.97. The Morgan fingerprint density at radius 1 is 1.50 bits per heavy atom. The minimum Gasteiger partial charge on any atom is -0.364 e. The highest BCUT2D eigenvalue weighted by molar-refractivity contribution is 7.83. The first-order valence-electron chi connectivity index (χ1n) is 4.02. The van der Waals surface area contributed by atoms with Gasteiger partial charge in [0.1, 0.15) is 0 Å². The standard InChI is InChI=1S/C8H8N4OS/c13-14-11-6-8(12-14)10-5-7-2-1-3-9-4-7/h1-4,6H,5H2,(H,10,12). The molecular weight excluding hydrogens is 200 g/mol. The molecule has 0 radical (unpaired) electrons. The van der Waals surface area contributed by atoms with Crippen molar-refractivity contribution in [2.24, 2.45) is 8.80 Å². The van der Waals surface area contributed by atoms with Gasteiger partial charge in [-0.25, -0.2) is 4.21 Å². The highest BCUT2D eigenvalue weighted by atomic mass is 32.2. The van der Waals surface area contributed by atoms with Gasteiger partial charge in [0.05, 0.1) is 6.21 Å². The van der Waals surface area contributed by atoms with Crippen molar-refractivity contribution < 1.29 is 4.21 Å². The van der Waals surface area contributed by atoms with E-state index in [0.717, 1.165) is 5.56 Å². The van der Waals surface area contributed by atoms with Crippen molar-refractivity contribution in [3.8, 4) is 0 Å². The van der Waals surface area contributed by atoms with Gasteiger partial charge < -0.3 is 5.32 Å². The van der Waals surface area contributed by atoms with Gasteiger partial charge in [-0.2, -0.15) is 4.40 Å². The summed E-state index contributed by atoms with van der Waals surface area (Å²) in [5.74, 6) is 0.548. The van der Waals surface area contributed by atoms with Crippen LogP contribution in [0, 0.1) is 0 Å². The van der Waals surface area contributed by atoms with Gasteiger partial charge in [-0.3, -0.25) is 4.98 Å². The number of pyridine rings is 1. The third-order valence-corrected chi connectivity index (χ3v) is 2.28. The van der Waals surface area contributed by atoms with Gasteiger partial charge in [0.15, 0.2) is 5.84 Å². The van der Waals surface area contributed by atoms with E-state index < -0.39 is 11.2 Å². The van der Waals surface area contributed by atoms with E-state index >= 15 is 0 Å². The van der Waals surface area contributed by atoms with Crippen molar-refractivity contribution in [2.45, 2.75) is 6.54 Å². The van der Waals surface area contributed by atoms with Gasteiger partial charge >= 0.3 is 0 Å². The number of nitrogens with one attached hydrogen (secondary N) is 1. The number of amidine groups is 1. The number of nitrogens with zero attached hydrogens (tertiary/aromatic N) is 3. The SMILES string of the molecule is O=S1N=CC(NCc2cccnc2)=N1. The summed E-state index contributed by atoms with van der Waals surface area (Å²) in [7, 11) is 0. The van der Waals surface area contributed by atoms with Crippen LogP contribution in [-0.4, -0.2) is 21.2 Å². The highest BCUT2D eigenvalue weighted by Crippen LogP contribution is 1.97. The largest absolute Gasteiger partial charge is 0.364 e. The monoisotopic (exact) mass is 208 g/mol. The summed E-state index contributed by atoms with van der Waals surface area (Å²) in [6.07, 6.45) is 4.94. The van der Waals surface area contributed by atoms with E-state index in [1.165, 1.54) is 6.21 Å². The van der Waals surface area contributed by atoms with E-state index in [0.29, 0.717) is 12.4 Å². The van der Waals surface area contributed by atoms with Crippen molar-refractivity contribution in [3.63, 3.8) is 0 Å². The minimum atomic E-state index is -1.43. The lowest BCUT2D eigenvalue weighted by Crippen LogP contribution is -2.22. The molecule has 0 aliphatic carbocycles. The topological polar surface area (TPSA) is 66.7 Å². The molecule has 0 spiro atoms. The Kier molecular flexibility index (Phi) is 2.64. The first-order valence-corrected chi connectivity index (χ1v) is 5.08. The first kappa shape index (κ1) is 9.01. The second-order valence-corrected chi connectivity index (χ2v) is 3.51. The number of hydrogen-bond donors (Lipinski definition) is 1. The van der Waals surface area contributed by atoms with E-state index in [1.807, 2.05) is 12.1 Å². The summed E-state index contributed by atoms with van der Waals surface area (Å²) in [5.41, 5.74) is 1.04. The van der Waals surface area contributed by atoms with Crippen molar-refractivity contribution >= 4 is 23.2 Å². The number of rotatable bonds is 2. The molecule has 0 amide bonds. The number of hydrogen-bond acceptors (Lipinski definition) is 3. The van der Waals surface area contributed by atoms with Gasteiger partial charge in [0.2, 0.25) is 0 Å². The average Bonchev–Trinajstić information content (AvgIpc) is 2.63. The van der Waals surface area contributed by atoms with Crippen LogP contribution in [0.1, 0.15) is 5.56 Å². The Hall–Kier alpha value is -1.56.